The lowest BCUT2D eigenvalue weighted by Gasteiger charge is -2.42. The molecule has 4 heteroatoms. The van der Waals surface area contributed by atoms with Gasteiger partial charge in [-0.2, -0.15) is 13.2 Å². The van der Waals surface area contributed by atoms with Gasteiger partial charge in [-0.25, -0.2) is 0 Å². The first-order valence-corrected chi connectivity index (χ1v) is 38.7. The number of alkyl halides is 3. The maximum atomic E-state index is 13.9. The predicted molar refractivity (Wildman–Crippen MR) is 470 cm³/mol. The maximum Gasteiger partial charge on any atom is 0.402 e. The number of hydrogen-bond acceptors (Lipinski definition) is 1. The molecule has 0 saturated heterocycles. The first-order valence-electron chi connectivity index (χ1n) is 38.7. The lowest BCUT2D eigenvalue weighted by Crippen LogP contribution is -2.40. The highest BCUT2D eigenvalue weighted by molar-refractivity contribution is 6.08. The zero-order valence-corrected chi connectivity index (χ0v) is 70.1. The number of benzene rings is 13. The molecule has 3 aliphatic carbocycles. The Hall–Kier alpha value is -10.0. The molecule has 13 aromatic rings. The van der Waals surface area contributed by atoms with Crippen LogP contribution in [0.25, 0.3) is 43.8 Å². The normalized spacial score (nSPS) is 13.4. The van der Waals surface area contributed by atoms with E-state index >= 15 is 0 Å². The quantitative estimate of drug-likeness (QED) is 0.186. The van der Waals surface area contributed by atoms with Gasteiger partial charge in [0.05, 0.1) is 0 Å². The molecule has 3 atom stereocenters. The number of halogens is 3. The first-order chi connectivity index (χ1) is 51.3. The monoisotopic (exact) mass is 1460 g/mol. The van der Waals surface area contributed by atoms with Gasteiger partial charge in [0.2, 0.25) is 0 Å². The summed E-state index contributed by atoms with van der Waals surface area (Å²) in [6, 6.07) is 65.6. The van der Waals surface area contributed by atoms with Gasteiger partial charge in [0.15, 0.2) is 0 Å². The van der Waals surface area contributed by atoms with Gasteiger partial charge in [-0.1, -0.05) is 201 Å². The number of hydrogen-bond donors (Lipinski definition) is 1. The average Bonchev–Trinajstić information content (AvgIpc) is 0.703. The SMILES string of the molecule is C.Cc1c(C)c(C)c(C)c(C)c1C.Cc1cc(-c2cc(C)c(C)c(C)c2)cc(C)c1C.Cc1cc(-c2cc(C)c(C)c3ccccc23)c2ccccc2c1C.Cc1cc(C)c(C)c(C)c1C.Cc1ccc([C@@](C)(c2ccc(O)c(C)c2)C(F)(F)F)cc1C.Cc1ccc2c(c1)C1c3ccccc3C2c2cc(C)ccc21. The van der Waals surface area contributed by atoms with Crippen LogP contribution >= 0.6 is 0 Å². The molecule has 16 rings (SSSR count). The highest BCUT2D eigenvalue weighted by Gasteiger charge is 2.53. The van der Waals surface area contributed by atoms with Gasteiger partial charge in [-0.15, -0.1) is 0 Å². The van der Waals surface area contributed by atoms with E-state index < -0.39 is 11.6 Å². The van der Waals surface area contributed by atoms with E-state index in [4.69, 9.17) is 0 Å². The van der Waals surface area contributed by atoms with E-state index in [1.165, 1.54) is 236 Å². The number of phenols is 1. The minimum atomic E-state index is -4.45. The highest BCUT2D eigenvalue weighted by Crippen LogP contribution is 2.56. The number of aryl methyl sites for hydroxylation is 15. The number of phenolic OH excluding ortho intramolecular Hbond substituents is 1. The molecule has 2 bridgehead atoms. The van der Waals surface area contributed by atoms with Crippen LogP contribution < -0.4 is 0 Å². The van der Waals surface area contributed by atoms with Gasteiger partial charge >= 0.3 is 6.18 Å². The predicted octanol–water partition coefficient (Wildman–Crippen LogP) is 30.0. The zero-order valence-electron chi connectivity index (χ0n) is 70.1. The van der Waals surface area contributed by atoms with Crippen LogP contribution in [0, 0.1) is 180 Å². The Bertz CT molecular complexity index is 5200. The number of fused-ring (bicyclic) bond motifs is 2. The van der Waals surface area contributed by atoms with Gasteiger partial charge in [-0.05, 0) is 415 Å². The van der Waals surface area contributed by atoms with Crippen LogP contribution in [0.4, 0.5) is 13.2 Å². The van der Waals surface area contributed by atoms with Gasteiger partial charge in [0, 0.05) is 11.8 Å². The summed E-state index contributed by atoms with van der Waals surface area (Å²) in [5.74, 6) is 0.812. The van der Waals surface area contributed by atoms with Crippen molar-refractivity contribution in [3.05, 3.63) is 377 Å². The second-order valence-corrected chi connectivity index (χ2v) is 32.1. The smallest absolute Gasteiger partial charge is 0.402 e. The van der Waals surface area contributed by atoms with E-state index in [-0.39, 0.29) is 24.3 Å². The summed E-state index contributed by atoms with van der Waals surface area (Å²) in [7, 11) is 0. The molecular weight excluding hydrogens is 1350 g/mol. The zero-order chi connectivity index (χ0) is 79.9. The van der Waals surface area contributed by atoms with Crippen LogP contribution in [0.3, 0.4) is 0 Å². The molecule has 0 saturated carbocycles. The molecule has 0 heterocycles. The van der Waals surface area contributed by atoms with Crippen molar-refractivity contribution in [2.45, 2.75) is 218 Å². The molecule has 0 aromatic heterocycles. The van der Waals surface area contributed by atoms with E-state index in [1.54, 1.807) is 26.0 Å². The topological polar surface area (TPSA) is 20.2 Å². The Balaban J connectivity index is 0.000000155. The van der Waals surface area contributed by atoms with Crippen LogP contribution in [0.15, 0.2) is 188 Å². The molecule has 570 valence electrons. The van der Waals surface area contributed by atoms with Gasteiger partial charge < -0.3 is 5.11 Å². The van der Waals surface area contributed by atoms with Crippen molar-refractivity contribution in [2.75, 3.05) is 0 Å². The number of rotatable bonds is 4. The van der Waals surface area contributed by atoms with Crippen molar-refractivity contribution in [1.29, 1.82) is 0 Å². The molecule has 13 aromatic carbocycles. The van der Waals surface area contributed by atoms with E-state index in [1.807, 2.05) is 6.92 Å². The Morgan fingerprint density at radius 2 is 0.545 bits per heavy atom. The molecule has 0 radical (unpaired) electrons. The Labute approximate surface area is 658 Å². The molecule has 0 fully saturated rings. The second kappa shape index (κ2) is 33.7. The Kier molecular flexibility index (Phi) is 25.7. The van der Waals surface area contributed by atoms with Crippen molar-refractivity contribution in [2.24, 2.45) is 0 Å². The minimum absolute atomic E-state index is 0. The van der Waals surface area contributed by atoms with Crippen molar-refractivity contribution in [3.63, 3.8) is 0 Å². The van der Waals surface area contributed by atoms with Crippen molar-refractivity contribution >= 4 is 21.5 Å². The van der Waals surface area contributed by atoms with Crippen molar-refractivity contribution < 1.29 is 18.3 Å². The van der Waals surface area contributed by atoms with Gasteiger partial charge in [-0.3, -0.25) is 0 Å². The Morgan fingerprint density at radius 1 is 0.245 bits per heavy atom. The molecule has 110 heavy (non-hydrogen) atoms. The van der Waals surface area contributed by atoms with Crippen LogP contribution in [0.5, 0.6) is 5.75 Å². The molecule has 1 nitrogen and oxygen atoms in total. The van der Waals surface area contributed by atoms with E-state index in [9.17, 15) is 18.3 Å². The summed E-state index contributed by atoms with van der Waals surface area (Å²) in [4.78, 5) is 0. The second-order valence-electron chi connectivity index (χ2n) is 32.1. The van der Waals surface area contributed by atoms with Gasteiger partial charge in [0.1, 0.15) is 11.2 Å². The average molecular weight is 1470 g/mol. The van der Waals surface area contributed by atoms with Crippen molar-refractivity contribution in [3.8, 4) is 28.0 Å². The van der Waals surface area contributed by atoms with Crippen LogP contribution in [0.1, 0.15) is 215 Å². The standard InChI is InChI=1S/C24H22.C22H18.C18H19F3O.C18H22.C12H18.C11H16.CH4/c1-15-13-23(21-11-7-5-9-19(21)17(15)3)24-14-16(2)18(4)20-10-6-8-12-22(20)24;1-13-7-9-17-19(11-13)21-15-5-3-4-6-16(15)22(17)20-12-14(2)8-10-18(20)21;1-11-5-6-14(9-12(11)2)17(4,18(19,20)21)15-7-8-16(22)13(3)10-15;1-11-7-17(8-12(2)15(11)5)18-9-13(3)16(6)14(4)10-18;1-7-8(2)10(4)12(6)11(5)9(7)3;1-7-6-8(2)10(4)11(5)9(7)3;/h5-14H,1-4H3;3-12,21-22H,1-2H3;5-10,22H,1-4H3;7-10H,1-6H3;1-6H3;6H,1-5H3;1H4/t;;17-;;;;/m..0..../s1. The van der Waals surface area contributed by atoms with E-state index in [0.717, 1.165) is 11.1 Å². The van der Waals surface area contributed by atoms with E-state index in [0.29, 0.717) is 17.4 Å². The fourth-order valence-electron chi connectivity index (χ4n) is 16.2. The summed E-state index contributed by atoms with van der Waals surface area (Å²) in [6.07, 6.45) is -4.45. The van der Waals surface area contributed by atoms with Crippen molar-refractivity contribution in [1.82, 2.24) is 0 Å². The third-order valence-corrected chi connectivity index (χ3v) is 25.5. The van der Waals surface area contributed by atoms with Gasteiger partial charge in [0.25, 0.3) is 0 Å². The molecular formula is C106H119F3O. The fourth-order valence-corrected chi connectivity index (χ4v) is 16.2. The van der Waals surface area contributed by atoms with Crippen LogP contribution in [0.2, 0.25) is 0 Å². The molecule has 0 amide bonds. The third kappa shape index (κ3) is 16.5. The van der Waals surface area contributed by atoms with Crippen LogP contribution in [-0.4, -0.2) is 11.3 Å². The van der Waals surface area contributed by atoms with Crippen LogP contribution in [-0.2, 0) is 5.41 Å². The lowest BCUT2D eigenvalue weighted by atomic mass is 9.61. The van der Waals surface area contributed by atoms with E-state index in [2.05, 4.69) is 311 Å². The molecule has 3 aliphatic rings. The summed E-state index contributed by atoms with van der Waals surface area (Å²) in [6.45, 7) is 57.1. The summed E-state index contributed by atoms with van der Waals surface area (Å²) >= 11 is 0. The molecule has 0 spiro atoms. The summed E-state index contributed by atoms with van der Waals surface area (Å²) in [5.41, 5.74) is 47.2. The third-order valence-electron chi connectivity index (χ3n) is 25.5. The Morgan fingerprint density at radius 3 is 0.891 bits per heavy atom. The summed E-state index contributed by atoms with van der Waals surface area (Å²) < 4.78 is 41.6. The number of aromatic hydroxyl groups is 1. The lowest BCUT2D eigenvalue weighted by molar-refractivity contribution is -0.173. The molecule has 1 N–H and O–H groups in total. The first kappa shape index (κ1) is 84.0. The largest absolute Gasteiger partial charge is 0.508 e. The fraction of sp³-hybridized carbons (Fsp3) is 0.302. The maximum absolute atomic E-state index is 13.9. The molecule has 0 aliphatic heterocycles. The minimum Gasteiger partial charge on any atom is -0.508 e. The highest BCUT2D eigenvalue weighted by atomic mass is 19.4. The molecule has 2 unspecified atom stereocenters. The summed E-state index contributed by atoms with van der Waals surface area (Å²) in [5, 5.41) is 15.0.